The number of nitrogens with one attached hydrogen (secondary N) is 2. The van der Waals surface area contributed by atoms with Crippen LogP contribution < -0.4 is 15.6 Å². The first-order valence-electron chi connectivity index (χ1n) is 21.6. The van der Waals surface area contributed by atoms with Crippen LogP contribution in [0.5, 0.6) is 0 Å². The van der Waals surface area contributed by atoms with E-state index >= 15 is 13.6 Å². The van der Waals surface area contributed by atoms with E-state index in [0.717, 1.165) is 21.4 Å². The molecule has 4 aromatic heterocycles. The van der Waals surface area contributed by atoms with E-state index in [0.29, 0.717) is 47.0 Å². The maximum atomic E-state index is 15.6. The zero-order chi connectivity index (χ0) is 49.0. The van der Waals surface area contributed by atoms with E-state index in [4.69, 9.17) is 16.6 Å². The second-order valence-corrected chi connectivity index (χ2v) is 19.7. The van der Waals surface area contributed by atoms with Crippen molar-refractivity contribution in [1.29, 1.82) is 0 Å². The van der Waals surface area contributed by atoms with Gasteiger partial charge in [0.15, 0.2) is 11.6 Å². The molecule has 0 bridgehead atoms. The Bertz CT molecular complexity index is 3430. The number of halogens is 9. The largest absolute Gasteiger partial charge is 0.344 e. The molecule has 0 saturated heterocycles. The van der Waals surface area contributed by atoms with E-state index < -0.39 is 118 Å². The van der Waals surface area contributed by atoms with Gasteiger partial charge in [0.2, 0.25) is 15.9 Å². The third kappa shape index (κ3) is 8.35. The van der Waals surface area contributed by atoms with Gasteiger partial charge in [0.1, 0.15) is 41.9 Å². The fourth-order valence-corrected chi connectivity index (χ4v) is 10.8. The van der Waals surface area contributed by atoms with Gasteiger partial charge in [-0.25, -0.2) is 49.7 Å². The lowest BCUT2D eigenvalue weighted by Crippen LogP contribution is -2.38. The summed E-state index contributed by atoms with van der Waals surface area (Å²) in [7, 11) is -4.10. The number of rotatable bonds is 15. The first-order chi connectivity index (χ1) is 32.7. The van der Waals surface area contributed by atoms with Crippen molar-refractivity contribution in [2.75, 3.05) is 4.72 Å². The zero-order valence-corrected chi connectivity index (χ0v) is 37.7. The van der Waals surface area contributed by atoms with Crippen molar-refractivity contribution in [3.8, 4) is 17.1 Å². The molecule has 0 radical (unpaired) electrons. The van der Waals surface area contributed by atoms with Gasteiger partial charge in [-0.05, 0) is 86.6 Å². The summed E-state index contributed by atoms with van der Waals surface area (Å²) in [5, 5.41) is 9.25. The number of nitrogens with zero attached hydrogens (tertiary/aromatic N) is 8. The van der Waals surface area contributed by atoms with Crippen LogP contribution in [0.3, 0.4) is 0 Å². The van der Waals surface area contributed by atoms with Crippen LogP contribution in [-0.4, -0.2) is 65.1 Å². The molecular weight excluding hydrogens is 964 g/mol. The predicted octanol–water partition coefficient (Wildman–Crippen LogP) is 8.61. The second kappa shape index (κ2) is 16.9. The summed E-state index contributed by atoms with van der Waals surface area (Å²) in [6.45, 7) is 1.43. The summed E-state index contributed by atoms with van der Waals surface area (Å²) < 4.78 is 149. The highest BCUT2D eigenvalue weighted by Gasteiger charge is 2.67. The molecule has 0 unspecified atom stereocenters. The standard InChI is InChI=1S/C45H37ClF8N10O4S/c1-3-24-10-19(2)55-41(56-24)21-4-7-26-30(14-21)58-43(64(44(26)66)32-9-8-29(46)36-38(32)62(17-33(49)50)60-42(36)61-69(67,68)25-5-6-25)31(13-20-11-22(47)15-23(48)12-20)57-34(65)18-63-39-35(37(59-63)40(51)52)27-16-28(27)45(39,53)54/h4,7-12,14-15,25,27-28,31,33,40H,3,5-6,13,16-18H2,1-2H3,(H,57,65)(H,60,61)/t27-,28+,31-/m0/s1. The number of anilines is 1. The molecule has 2 fully saturated rings. The Morgan fingerprint density at radius 3 is 2.38 bits per heavy atom. The maximum absolute atomic E-state index is 15.6. The van der Waals surface area contributed by atoms with E-state index in [1.54, 1.807) is 13.0 Å². The highest BCUT2D eigenvalue weighted by molar-refractivity contribution is 7.93. The van der Waals surface area contributed by atoms with Crippen molar-refractivity contribution in [3.63, 3.8) is 0 Å². The molecule has 3 aliphatic carbocycles. The van der Waals surface area contributed by atoms with Crippen molar-refractivity contribution in [2.24, 2.45) is 5.92 Å². The van der Waals surface area contributed by atoms with Crippen LogP contribution in [0.2, 0.25) is 5.02 Å². The lowest BCUT2D eigenvalue weighted by Gasteiger charge is -2.24. The van der Waals surface area contributed by atoms with E-state index in [1.807, 2.05) is 6.92 Å². The molecule has 4 heterocycles. The molecule has 69 heavy (non-hydrogen) atoms. The second-order valence-electron chi connectivity index (χ2n) is 17.4. The van der Waals surface area contributed by atoms with Gasteiger partial charge in [-0.1, -0.05) is 24.6 Å². The van der Waals surface area contributed by atoms with Crippen LogP contribution >= 0.6 is 11.6 Å². The lowest BCUT2D eigenvalue weighted by atomic mass is 10.0. The number of aryl methyl sites for hydroxylation is 2. The average molecular weight is 1000 g/mol. The summed E-state index contributed by atoms with van der Waals surface area (Å²) >= 11 is 6.69. The number of carbonyl (C=O) groups excluding carboxylic acids is 1. The highest BCUT2D eigenvalue weighted by Crippen LogP contribution is 2.68. The van der Waals surface area contributed by atoms with Crippen LogP contribution in [0.15, 0.2) is 59.4 Å². The van der Waals surface area contributed by atoms with E-state index in [2.05, 4.69) is 30.2 Å². The van der Waals surface area contributed by atoms with Crippen molar-refractivity contribution in [3.05, 3.63) is 121 Å². The number of sulfonamides is 1. The third-order valence-electron chi connectivity index (χ3n) is 12.5. The van der Waals surface area contributed by atoms with Crippen LogP contribution in [0.25, 0.3) is 38.9 Å². The quantitative estimate of drug-likeness (QED) is 0.0955. The number of benzene rings is 3. The number of amides is 1. The first kappa shape index (κ1) is 46.2. The number of fused-ring (bicyclic) bond motifs is 5. The van der Waals surface area contributed by atoms with Crippen molar-refractivity contribution >= 4 is 55.2 Å². The Kier molecular flexibility index (Phi) is 11.3. The topological polar surface area (TPSA) is 172 Å². The Balaban J connectivity index is 1.20. The molecule has 360 valence electrons. The molecule has 1 amide bonds. The monoisotopic (exact) mass is 1000 g/mol. The summed E-state index contributed by atoms with van der Waals surface area (Å²) in [6, 6.07) is 9.40. The van der Waals surface area contributed by atoms with Gasteiger partial charge >= 0.3 is 0 Å². The lowest BCUT2D eigenvalue weighted by molar-refractivity contribution is -0.123. The molecule has 2 saturated carbocycles. The summed E-state index contributed by atoms with van der Waals surface area (Å²) in [4.78, 5) is 43.5. The Hall–Kier alpha value is -6.49. The fraction of sp³-hybridized carbons (Fsp3) is 0.356. The molecule has 2 N–H and O–H groups in total. The molecule has 10 rings (SSSR count). The molecule has 14 nitrogen and oxygen atoms in total. The number of aromatic nitrogens is 8. The van der Waals surface area contributed by atoms with Crippen molar-refractivity contribution in [1.82, 2.24) is 44.4 Å². The van der Waals surface area contributed by atoms with Gasteiger partial charge < -0.3 is 5.32 Å². The summed E-state index contributed by atoms with van der Waals surface area (Å²) in [6.07, 6.45) is -5.79. The van der Waals surface area contributed by atoms with Gasteiger partial charge in [-0.3, -0.25) is 28.2 Å². The van der Waals surface area contributed by atoms with Crippen LogP contribution in [0, 0.1) is 24.5 Å². The number of alkyl halides is 6. The summed E-state index contributed by atoms with van der Waals surface area (Å²) in [5.41, 5.74) is -2.06. The number of hydrogen-bond donors (Lipinski definition) is 2. The number of hydrogen-bond acceptors (Lipinski definition) is 9. The van der Waals surface area contributed by atoms with Crippen LogP contribution in [0.1, 0.15) is 84.3 Å². The number of carbonyl (C=O) groups is 1. The zero-order valence-electron chi connectivity index (χ0n) is 36.1. The van der Waals surface area contributed by atoms with E-state index in [1.165, 1.54) is 30.3 Å². The van der Waals surface area contributed by atoms with Crippen molar-refractivity contribution < 1.29 is 48.3 Å². The summed E-state index contributed by atoms with van der Waals surface area (Å²) in [5.74, 6) is -9.60. The molecule has 24 heteroatoms. The SMILES string of the molecule is CCc1cc(C)nc(-c2ccc3c(=O)n(-c4ccc(Cl)c5c(NS(=O)(=O)C6CC6)nn(CC(F)F)c45)c([C@H](Cc4cc(F)cc(F)c4)NC(=O)Cn4nc(C(F)F)c5c4C(F)(F)[C@@H]4C[C@H]54)nc3c2)n1. The molecule has 7 aromatic rings. The average Bonchev–Trinajstić information content (AvgIpc) is 4.20. The highest BCUT2D eigenvalue weighted by atomic mass is 35.5. The van der Waals surface area contributed by atoms with Crippen LogP contribution in [-0.2, 0) is 46.7 Å². The van der Waals surface area contributed by atoms with E-state index in [9.17, 15) is 39.6 Å². The van der Waals surface area contributed by atoms with Crippen LogP contribution in [0.4, 0.5) is 40.9 Å². The third-order valence-corrected chi connectivity index (χ3v) is 14.6. The Morgan fingerprint density at radius 1 is 0.957 bits per heavy atom. The Morgan fingerprint density at radius 2 is 1.70 bits per heavy atom. The Labute approximate surface area is 390 Å². The predicted molar refractivity (Wildman–Crippen MR) is 235 cm³/mol. The van der Waals surface area contributed by atoms with Gasteiger partial charge in [-0.15, -0.1) is 0 Å². The fourth-order valence-electron chi connectivity index (χ4n) is 9.25. The molecule has 0 aliphatic heterocycles. The normalized spacial score (nSPS) is 17.8. The minimum absolute atomic E-state index is 0.0470. The smallest absolute Gasteiger partial charge is 0.293 e. The van der Waals surface area contributed by atoms with Gasteiger partial charge in [-0.2, -0.15) is 19.0 Å². The van der Waals surface area contributed by atoms with E-state index in [-0.39, 0.29) is 55.9 Å². The van der Waals surface area contributed by atoms with Gasteiger partial charge in [0.05, 0.1) is 43.8 Å². The van der Waals surface area contributed by atoms with Gasteiger partial charge in [0, 0.05) is 40.9 Å². The molecule has 3 aromatic carbocycles. The van der Waals surface area contributed by atoms with Crippen molar-refractivity contribution in [2.45, 2.75) is 95.0 Å². The molecule has 3 aliphatic rings. The maximum Gasteiger partial charge on any atom is 0.293 e. The van der Waals surface area contributed by atoms with Gasteiger partial charge in [0.25, 0.3) is 24.3 Å². The minimum Gasteiger partial charge on any atom is -0.344 e. The molecule has 3 atom stereocenters. The minimum atomic E-state index is -4.10. The molecule has 0 spiro atoms. The molecular formula is C45H37ClF8N10O4S. The first-order valence-corrected chi connectivity index (χ1v) is 23.6.